The Hall–Kier alpha value is -0.970. The van der Waals surface area contributed by atoms with E-state index in [0.717, 1.165) is 24.2 Å². The van der Waals surface area contributed by atoms with Crippen LogP contribution in [0.3, 0.4) is 0 Å². The predicted molar refractivity (Wildman–Crippen MR) is 91.4 cm³/mol. The summed E-state index contributed by atoms with van der Waals surface area (Å²) in [6, 6.07) is 7.59. The lowest BCUT2D eigenvalue weighted by Crippen LogP contribution is -2.40. The molecule has 3 N–H and O–H groups in total. The molecule has 2 rings (SSSR count). The fraction of sp³-hybridized carbons (Fsp3) is 0.588. The quantitative estimate of drug-likeness (QED) is 0.821. The number of β-amino-alcohol motifs (C(OH)–C–C–N with tert-alkyl or cyclic N) is 1. The molecule has 1 aromatic carbocycles. The molecule has 116 valence electrons. The van der Waals surface area contributed by atoms with E-state index >= 15 is 0 Å². The van der Waals surface area contributed by atoms with Crippen LogP contribution in [0.2, 0.25) is 0 Å². The van der Waals surface area contributed by atoms with Gasteiger partial charge in [0, 0.05) is 12.1 Å². The van der Waals surface area contributed by atoms with Gasteiger partial charge in [0.05, 0.1) is 6.10 Å². The minimum Gasteiger partial charge on any atom is -0.389 e. The van der Waals surface area contributed by atoms with Crippen molar-refractivity contribution in [2.75, 3.05) is 19.6 Å². The molecule has 1 fully saturated rings. The summed E-state index contributed by atoms with van der Waals surface area (Å²) in [6.07, 6.45) is 3.23. The standard InChI is InChI=1S/C17H26N2OS/c1-3-17(2)8-10-19(11-9-17)12-15(20)13-4-6-14(7-5-13)16(18)21/h4-7,15,20H,3,8-12H2,1-2H3,(H2,18,21). The summed E-state index contributed by atoms with van der Waals surface area (Å²) in [5.41, 5.74) is 7.85. The molecule has 0 aliphatic carbocycles. The van der Waals surface area contributed by atoms with Gasteiger partial charge in [0.25, 0.3) is 0 Å². The third kappa shape index (κ3) is 4.25. The molecule has 0 amide bonds. The van der Waals surface area contributed by atoms with Crippen LogP contribution in [-0.4, -0.2) is 34.6 Å². The highest BCUT2D eigenvalue weighted by molar-refractivity contribution is 7.80. The first-order chi connectivity index (χ1) is 9.93. The van der Waals surface area contributed by atoms with Gasteiger partial charge in [-0.1, -0.05) is 56.8 Å². The molecule has 0 bridgehead atoms. The summed E-state index contributed by atoms with van der Waals surface area (Å²) in [6.45, 7) is 7.49. The minimum absolute atomic E-state index is 0.394. The van der Waals surface area contributed by atoms with Gasteiger partial charge >= 0.3 is 0 Å². The predicted octanol–water partition coefficient (Wildman–Crippen LogP) is 2.87. The van der Waals surface area contributed by atoms with Crippen LogP contribution in [0.5, 0.6) is 0 Å². The summed E-state index contributed by atoms with van der Waals surface area (Å²) in [7, 11) is 0. The lowest BCUT2D eigenvalue weighted by Gasteiger charge is -2.39. The number of hydrogen-bond donors (Lipinski definition) is 2. The Morgan fingerprint density at radius 1 is 1.33 bits per heavy atom. The molecule has 0 radical (unpaired) electrons. The molecule has 0 spiro atoms. The second kappa shape index (κ2) is 6.86. The normalized spacial score (nSPS) is 20.1. The van der Waals surface area contributed by atoms with Gasteiger partial charge in [-0.05, 0) is 36.9 Å². The third-order valence-electron chi connectivity index (χ3n) is 4.93. The van der Waals surface area contributed by atoms with Crippen molar-refractivity contribution in [2.45, 2.75) is 39.2 Å². The Kier molecular flexibility index (Phi) is 5.36. The van der Waals surface area contributed by atoms with Gasteiger partial charge < -0.3 is 15.7 Å². The van der Waals surface area contributed by atoms with Crippen LogP contribution in [0, 0.1) is 5.41 Å². The highest BCUT2D eigenvalue weighted by Crippen LogP contribution is 2.34. The lowest BCUT2D eigenvalue weighted by atomic mass is 9.78. The summed E-state index contributed by atoms with van der Waals surface area (Å²) in [4.78, 5) is 2.76. The molecule has 0 aromatic heterocycles. The summed E-state index contributed by atoms with van der Waals surface area (Å²) in [5.74, 6) is 0. The van der Waals surface area contributed by atoms with Gasteiger partial charge in [-0.25, -0.2) is 0 Å². The lowest BCUT2D eigenvalue weighted by molar-refractivity contribution is 0.0626. The molecule has 4 heteroatoms. The van der Waals surface area contributed by atoms with Gasteiger partial charge in [0.15, 0.2) is 0 Å². The van der Waals surface area contributed by atoms with Crippen LogP contribution in [0.25, 0.3) is 0 Å². The van der Waals surface area contributed by atoms with Crippen molar-refractivity contribution in [2.24, 2.45) is 11.1 Å². The van der Waals surface area contributed by atoms with Crippen LogP contribution < -0.4 is 5.73 Å². The SMILES string of the molecule is CCC1(C)CCN(CC(O)c2ccc(C(N)=S)cc2)CC1. The fourth-order valence-corrected chi connectivity index (χ4v) is 2.98. The highest BCUT2D eigenvalue weighted by atomic mass is 32.1. The second-order valence-electron chi connectivity index (χ2n) is 6.47. The van der Waals surface area contributed by atoms with Crippen LogP contribution in [-0.2, 0) is 0 Å². The Balaban J connectivity index is 1.90. The zero-order valence-corrected chi connectivity index (χ0v) is 13.8. The highest BCUT2D eigenvalue weighted by Gasteiger charge is 2.29. The maximum absolute atomic E-state index is 10.4. The maximum atomic E-state index is 10.4. The molecule has 1 aliphatic heterocycles. The Bertz CT molecular complexity index is 478. The van der Waals surface area contributed by atoms with Crippen molar-refractivity contribution in [3.63, 3.8) is 0 Å². The Labute approximate surface area is 133 Å². The first-order valence-electron chi connectivity index (χ1n) is 7.74. The number of nitrogens with zero attached hydrogens (tertiary/aromatic N) is 1. The monoisotopic (exact) mass is 306 g/mol. The number of benzene rings is 1. The van der Waals surface area contributed by atoms with E-state index in [4.69, 9.17) is 18.0 Å². The number of rotatable bonds is 5. The summed E-state index contributed by atoms with van der Waals surface area (Å²) in [5, 5.41) is 10.4. The molecular weight excluding hydrogens is 280 g/mol. The summed E-state index contributed by atoms with van der Waals surface area (Å²) < 4.78 is 0. The fourth-order valence-electron chi connectivity index (χ4n) is 2.85. The first kappa shape index (κ1) is 16.4. The zero-order chi connectivity index (χ0) is 15.5. The molecule has 3 nitrogen and oxygen atoms in total. The van der Waals surface area contributed by atoms with Crippen molar-refractivity contribution in [3.8, 4) is 0 Å². The second-order valence-corrected chi connectivity index (χ2v) is 6.91. The average molecular weight is 306 g/mol. The topological polar surface area (TPSA) is 49.5 Å². The van der Waals surface area contributed by atoms with E-state index in [1.807, 2.05) is 24.3 Å². The van der Waals surface area contributed by atoms with Gasteiger partial charge in [0.1, 0.15) is 4.99 Å². The van der Waals surface area contributed by atoms with Crippen molar-refractivity contribution in [3.05, 3.63) is 35.4 Å². The summed E-state index contributed by atoms with van der Waals surface area (Å²) >= 11 is 4.94. The van der Waals surface area contributed by atoms with Gasteiger partial charge in [-0.15, -0.1) is 0 Å². The molecule has 1 aromatic rings. The molecule has 1 atom stereocenters. The van der Waals surface area contributed by atoms with E-state index in [1.165, 1.54) is 19.3 Å². The van der Waals surface area contributed by atoms with Crippen molar-refractivity contribution in [1.82, 2.24) is 4.90 Å². The van der Waals surface area contributed by atoms with E-state index < -0.39 is 6.10 Å². The van der Waals surface area contributed by atoms with Gasteiger partial charge in [0.2, 0.25) is 0 Å². The molecule has 1 saturated heterocycles. The molecule has 1 unspecified atom stereocenters. The van der Waals surface area contributed by atoms with Crippen LogP contribution >= 0.6 is 12.2 Å². The van der Waals surface area contributed by atoms with E-state index in [0.29, 0.717) is 16.9 Å². The number of piperidine rings is 1. The van der Waals surface area contributed by atoms with Crippen molar-refractivity contribution < 1.29 is 5.11 Å². The first-order valence-corrected chi connectivity index (χ1v) is 8.14. The Morgan fingerprint density at radius 2 is 1.90 bits per heavy atom. The van der Waals surface area contributed by atoms with E-state index in [1.54, 1.807) is 0 Å². The number of thiocarbonyl (C=S) groups is 1. The zero-order valence-electron chi connectivity index (χ0n) is 13.0. The van der Waals surface area contributed by atoms with Crippen LogP contribution in [0.1, 0.15) is 50.3 Å². The van der Waals surface area contributed by atoms with Gasteiger partial charge in [-0.2, -0.15) is 0 Å². The maximum Gasteiger partial charge on any atom is 0.103 e. The number of aliphatic hydroxyl groups excluding tert-OH is 1. The molecule has 1 aliphatic rings. The number of likely N-dealkylation sites (tertiary alicyclic amines) is 1. The Morgan fingerprint density at radius 3 is 2.38 bits per heavy atom. The van der Waals surface area contributed by atoms with E-state index in [9.17, 15) is 5.11 Å². The molecule has 21 heavy (non-hydrogen) atoms. The number of hydrogen-bond acceptors (Lipinski definition) is 3. The smallest absolute Gasteiger partial charge is 0.103 e. The van der Waals surface area contributed by atoms with Crippen molar-refractivity contribution in [1.29, 1.82) is 0 Å². The molecule has 1 heterocycles. The van der Waals surface area contributed by atoms with Crippen molar-refractivity contribution >= 4 is 17.2 Å². The van der Waals surface area contributed by atoms with E-state index in [2.05, 4.69) is 18.7 Å². The van der Waals surface area contributed by atoms with Gasteiger partial charge in [-0.3, -0.25) is 0 Å². The van der Waals surface area contributed by atoms with Crippen LogP contribution in [0.4, 0.5) is 0 Å². The average Bonchev–Trinajstić information content (AvgIpc) is 2.50. The largest absolute Gasteiger partial charge is 0.389 e. The minimum atomic E-state index is -0.448. The van der Waals surface area contributed by atoms with E-state index in [-0.39, 0.29) is 0 Å². The van der Waals surface area contributed by atoms with Crippen LogP contribution in [0.15, 0.2) is 24.3 Å². The number of aliphatic hydroxyl groups is 1. The molecule has 0 saturated carbocycles. The number of nitrogens with two attached hydrogens (primary N) is 1. The third-order valence-corrected chi connectivity index (χ3v) is 5.16. The molecular formula is C17H26N2OS.